The van der Waals surface area contributed by atoms with Crippen LogP contribution in [0, 0.1) is 0 Å². The van der Waals surface area contributed by atoms with Gasteiger partial charge in [0.05, 0.1) is 0 Å². The van der Waals surface area contributed by atoms with Crippen molar-refractivity contribution in [2.45, 2.75) is 329 Å². The van der Waals surface area contributed by atoms with Crippen LogP contribution >= 0.6 is 0 Å². The molecule has 1 unspecified atom stereocenters. The first-order valence-corrected chi connectivity index (χ1v) is 29.3. The molecular weight excluding hydrogens is 817 g/mol. The number of rotatable bonds is 54. The summed E-state index contributed by atoms with van der Waals surface area (Å²) in [6.07, 6.45) is 64.8. The summed E-state index contributed by atoms with van der Waals surface area (Å²) < 4.78 is 16.8. The Kier molecular flexibility index (Phi) is 53.7. The number of allylic oxidation sites excluding steroid dienone is 4. The molecule has 0 saturated heterocycles. The number of unbranched alkanes of at least 4 members (excludes halogenated alkanes) is 39. The van der Waals surface area contributed by atoms with Gasteiger partial charge in [-0.25, -0.2) is 0 Å². The van der Waals surface area contributed by atoms with Crippen molar-refractivity contribution < 1.29 is 28.6 Å². The molecule has 0 N–H and O–H groups in total. The third-order valence-corrected chi connectivity index (χ3v) is 13.2. The molecule has 0 aromatic rings. The summed E-state index contributed by atoms with van der Waals surface area (Å²) in [6, 6.07) is 0. The Morgan fingerprint density at radius 3 is 0.803 bits per heavy atom. The van der Waals surface area contributed by atoms with Crippen LogP contribution in [0.25, 0.3) is 0 Å². The van der Waals surface area contributed by atoms with Crippen LogP contribution in [-0.4, -0.2) is 37.2 Å². The lowest BCUT2D eigenvalue weighted by Crippen LogP contribution is -2.30. The predicted molar refractivity (Wildman–Crippen MR) is 284 cm³/mol. The summed E-state index contributed by atoms with van der Waals surface area (Å²) >= 11 is 0. The molecule has 0 radical (unpaired) electrons. The molecule has 0 aliphatic rings. The predicted octanol–water partition coefficient (Wildman–Crippen LogP) is 19.5. The maximum absolute atomic E-state index is 12.8. The van der Waals surface area contributed by atoms with Crippen molar-refractivity contribution in [3.05, 3.63) is 24.3 Å². The highest BCUT2D eigenvalue weighted by molar-refractivity contribution is 5.71. The van der Waals surface area contributed by atoms with Gasteiger partial charge in [0, 0.05) is 19.3 Å². The lowest BCUT2D eigenvalue weighted by atomic mass is 10.0. The topological polar surface area (TPSA) is 78.9 Å². The highest BCUT2D eigenvalue weighted by Gasteiger charge is 2.19. The van der Waals surface area contributed by atoms with Crippen LogP contribution in [0.1, 0.15) is 323 Å². The van der Waals surface area contributed by atoms with Crippen LogP contribution in [0.2, 0.25) is 0 Å². The fraction of sp³-hybridized carbons (Fsp3) is 0.883. The molecule has 0 bridgehead atoms. The fourth-order valence-corrected chi connectivity index (χ4v) is 8.71. The number of ether oxygens (including phenoxy) is 3. The van der Waals surface area contributed by atoms with Gasteiger partial charge in [0.2, 0.25) is 0 Å². The van der Waals surface area contributed by atoms with Gasteiger partial charge in [0.15, 0.2) is 6.10 Å². The van der Waals surface area contributed by atoms with Crippen LogP contribution in [0.15, 0.2) is 24.3 Å². The van der Waals surface area contributed by atoms with Gasteiger partial charge in [-0.15, -0.1) is 0 Å². The minimum absolute atomic E-state index is 0.0702. The Labute approximate surface area is 411 Å². The molecule has 1 atom stereocenters. The van der Waals surface area contributed by atoms with E-state index in [4.69, 9.17) is 14.2 Å². The zero-order chi connectivity index (χ0) is 47.9. The lowest BCUT2D eigenvalue weighted by molar-refractivity contribution is -0.167. The second kappa shape index (κ2) is 55.5. The minimum atomic E-state index is -0.769. The number of carbonyl (C=O) groups excluding carboxylic acids is 3. The minimum Gasteiger partial charge on any atom is -0.462 e. The molecule has 0 spiro atoms. The first-order chi connectivity index (χ1) is 32.5. The molecule has 0 aromatic carbocycles. The first kappa shape index (κ1) is 63.9. The van der Waals surface area contributed by atoms with Crippen LogP contribution in [0.5, 0.6) is 0 Å². The monoisotopic (exact) mass is 929 g/mol. The van der Waals surface area contributed by atoms with Gasteiger partial charge < -0.3 is 14.2 Å². The van der Waals surface area contributed by atoms with Crippen LogP contribution in [0.3, 0.4) is 0 Å². The lowest BCUT2D eigenvalue weighted by Gasteiger charge is -2.18. The average Bonchev–Trinajstić information content (AvgIpc) is 3.31. The molecule has 6 nitrogen and oxygen atoms in total. The van der Waals surface area contributed by atoms with E-state index in [0.717, 1.165) is 64.2 Å². The van der Waals surface area contributed by atoms with Crippen LogP contribution in [0.4, 0.5) is 0 Å². The van der Waals surface area contributed by atoms with E-state index in [-0.39, 0.29) is 31.1 Å². The van der Waals surface area contributed by atoms with Crippen LogP contribution in [-0.2, 0) is 28.6 Å². The highest BCUT2D eigenvalue weighted by atomic mass is 16.6. The molecule has 0 saturated carbocycles. The third kappa shape index (κ3) is 52.9. The molecule has 66 heavy (non-hydrogen) atoms. The Morgan fingerprint density at radius 1 is 0.288 bits per heavy atom. The number of carbonyl (C=O) groups is 3. The van der Waals surface area contributed by atoms with Crippen molar-refractivity contribution in [1.29, 1.82) is 0 Å². The quantitative estimate of drug-likeness (QED) is 0.0262. The Morgan fingerprint density at radius 2 is 0.515 bits per heavy atom. The normalized spacial score (nSPS) is 12.1. The largest absolute Gasteiger partial charge is 0.462 e. The van der Waals surface area contributed by atoms with Crippen molar-refractivity contribution in [2.75, 3.05) is 13.2 Å². The van der Waals surface area contributed by atoms with Crippen molar-refractivity contribution in [3.63, 3.8) is 0 Å². The van der Waals surface area contributed by atoms with Crippen molar-refractivity contribution in [2.24, 2.45) is 0 Å². The second-order valence-electron chi connectivity index (χ2n) is 19.9. The summed E-state index contributed by atoms with van der Waals surface area (Å²) in [5.41, 5.74) is 0. The summed E-state index contributed by atoms with van der Waals surface area (Å²) in [7, 11) is 0. The average molecular weight is 930 g/mol. The molecule has 388 valence electrons. The van der Waals surface area contributed by atoms with E-state index in [9.17, 15) is 14.4 Å². The molecule has 6 heteroatoms. The van der Waals surface area contributed by atoms with E-state index >= 15 is 0 Å². The maximum Gasteiger partial charge on any atom is 0.306 e. The molecule has 0 aliphatic heterocycles. The smallest absolute Gasteiger partial charge is 0.306 e. The van der Waals surface area contributed by atoms with E-state index in [1.165, 1.54) is 218 Å². The van der Waals surface area contributed by atoms with E-state index in [1.54, 1.807) is 0 Å². The molecule has 0 aromatic heterocycles. The molecule has 0 heterocycles. The van der Waals surface area contributed by atoms with Gasteiger partial charge in [-0.3, -0.25) is 14.4 Å². The highest BCUT2D eigenvalue weighted by Crippen LogP contribution is 2.17. The van der Waals surface area contributed by atoms with Gasteiger partial charge in [0.1, 0.15) is 13.2 Å². The van der Waals surface area contributed by atoms with Gasteiger partial charge in [-0.2, -0.15) is 0 Å². The van der Waals surface area contributed by atoms with E-state index in [1.807, 2.05) is 0 Å². The van der Waals surface area contributed by atoms with Gasteiger partial charge in [-0.05, 0) is 64.2 Å². The third-order valence-electron chi connectivity index (χ3n) is 13.2. The van der Waals surface area contributed by atoms with Gasteiger partial charge >= 0.3 is 17.9 Å². The summed E-state index contributed by atoms with van der Waals surface area (Å²) in [5, 5.41) is 0. The van der Waals surface area contributed by atoms with E-state index in [2.05, 4.69) is 45.1 Å². The molecular formula is C60H112O6. The van der Waals surface area contributed by atoms with Crippen molar-refractivity contribution in [1.82, 2.24) is 0 Å². The standard InChI is InChI=1S/C60H112O6/c1-4-7-10-13-16-19-22-23-24-25-26-27-28-29-30-31-32-33-34-35-36-37-39-41-44-47-50-53-59(62)65-56-57(55-64-58(61)52-49-46-43-40-21-18-15-12-9-6-3)66-60(63)54-51-48-45-42-38-20-17-14-11-8-5-2/h14,17,25-26,57H,4-13,15-16,18-24,27-56H2,1-3H3/b17-14-,26-25-. The summed E-state index contributed by atoms with van der Waals surface area (Å²) in [5.74, 6) is -0.865. The zero-order valence-corrected chi connectivity index (χ0v) is 44.5. The second-order valence-corrected chi connectivity index (χ2v) is 19.9. The number of hydrogen-bond donors (Lipinski definition) is 0. The van der Waals surface area contributed by atoms with Crippen LogP contribution < -0.4 is 0 Å². The zero-order valence-electron chi connectivity index (χ0n) is 44.5. The Hall–Kier alpha value is -2.11. The van der Waals surface area contributed by atoms with Crippen molar-refractivity contribution in [3.8, 4) is 0 Å². The maximum atomic E-state index is 12.8. The molecule has 0 amide bonds. The number of hydrogen-bond acceptors (Lipinski definition) is 6. The SMILES string of the molecule is CCCC/C=C\CCCCCCCC(=O)OC(COC(=O)CCCCCCCCCCCC)COC(=O)CCCCCCCCCCCCCCCCC/C=C\CCCCCCCCCC. The van der Waals surface area contributed by atoms with E-state index < -0.39 is 6.10 Å². The number of esters is 3. The first-order valence-electron chi connectivity index (χ1n) is 29.3. The molecule has 0 aliphatic carbocycles. The molecule has 0 rings (SSSR count). The van der Waals surface area contributed by atoms with E-state index in [0.29, 0.717) is 19.3 Å². The summed E-state index contributed by atoms with van der Waals surface area (Å²) in [6.45, 7) is 6.62. The van der Waals surface area contributed by atoms with Gasteiger partial charge in [0.25, 0.3) is 0 Å². The van der Waals surface area contributed by atoms with Gasteiger partial charge in [-0.1, -0.05) is 263 Å². The molecule has 0 fully saturated rings. The fourth-order valence-electron chi connectivity index (χ4n) is 8.71. The van der Waals surface area contributed by atoms with Crippen molar-refractivity contribution >= 4 is 17.9 Å². The summed E-state index contributed by atoms with van der Waals surface area (Å²) in [4.78, 5) is 38.0. The Bertz CT molecular complexity index is 1070. The Balaban J connectivity index is 4.08.